The highest BCUT2D eigenvalue weighted by Gasteiger charge is 2.17. The van der Waals surface area contributed by atoms with Gasteiger partial charge in [-0.15, -0.1) is 16.4 Å². The molecule has 3 aromatic heterocycles. The molecule has 4 aromatic rings. The fourth-order valence-corrected chi connectivity index (χ4v) is 3.80. The van der Waals surface area contributed by atoms with Gasteiger partial charge in [-0.25, -0.2) is 14.5 Å². The van der Waals surface area contributed by atoms with Crippen LogP contribution in [-0.4, -0.2) is 30.5 Å². The molecule has 3 heterocycles. The van der Waals surface area contributed by atoms with E-state index in [2.05, 4.69) is 25.4 Å². The van der Waals surface area contributed by atoms with Crippen LogP contribution >= 0.6 is 22.9 Å². The fourth-order valence-electron chi connectivity index (χ4n) is 2.62. The van der Waals surface area contributed by atoms with Crippen molar-refractivity contribution in [2.45, 2.75) is 20.3 Å². The standard InChI is InChI=1S/C18H15ClN6OS/c1-10-7-8-20-17-22-15(24-25(10)17)16(26)23-18-21-11(2)14(27-18)9-12-5-3-4-6-13(12)19/h3-8H,9H2,1-2H3,(H,21,23,26). The number of hydrogen-bond donors (Lipinski definition) is 1. The van der Waals surface area contributed by atoms with Crippen LogP contribution in [-0.2, 0) is 6.42 Å². The van der Waals surface area contributed by atoms with Crippen LogP contribution in [0.25, 0.3) is 5.78 Å². The van der Waals surface area contributed by atoms with Crippen molar-refractivity contribution in [1.29, 1.82) is 0 Å². The van der Waals surface area contributed by atoms with Crippen molar-refractivity contribution in [3.05, 3.63) is 69.2 Å². The number of carbonyl (C=O) groups is 1. The van der Waals surface area contributed by atoms with E-state index in [1.54, 1.807) is 12.3 Å². The van der Waals surface area contributed by atoms with Crippen LogP contribution in [0.15, 0.2) is 36.5 Å². The maximum Gasteiger partial charge on any atom is 0.297 e. The lowest BCUT2D eigenvalue weighted by atomic mass is 10.1. The monoisotopic (exact) mass is 398 g/mol. The van der Waals surface area contributed by atoms with Gasteiger partial charge in [0, 0.05) is 28.2 Å². The second-order valence-corrected chi connectivity index (χ2v) is 7.47. The number of nitrogens with zero attached hydrogens (tertiary/aromatic N) is 5. The van der Waals surface area contributed by atoms with E-state index < -0.39 is 5.91 Å². The number of halogens is 1. The van der Waals surface area contributed by atoms with Gasteiger partial charge in [-0.05, 0) is 31.5 Å². The predicted molar refractivity (Wildman–Crippen MR) is 105 cm³/mol. The topological polar surface area (TPSA) is 85.1 Å². The number of aromatic nitrogens is 5. The van der Waals surface area contributed by atoms with Crippen LogP contribution in [0.2, 0.25) is 5.02 Å². The molecule has 0 aliphatic carbocycles. The molecule has 0 aliphatic rings. The third-order valence-electron chi connectivity index (χ3n) is 4.05. The Bertz CT molecular complexity index is 1150. The molecule has 0 atom stereocenters. The number of fused-ring (bicyclic) bond motifs is 1. The number of hydrogen-bond acceptors (Lipinski definition) is 6. The van der Waals surface area contributed by atoms with Gasteiger partial charge in [0.2, 0.25) is 5.82 Å². The summed E-state index contributed by atoms with van der Waals surface area (Å²) in [7, 11) is 0. The first-order valence-corrected chi connectivity index (χ1v) is 9.40. The van der Waals surface area contributed by atoms with E-state index in [-0.39, 0.29) is 5.82 Å². The third kappa shape index (κ3) is 3.54. The van der Waals surface area contributed by atoms with E-state index in [4.69, 9.17) is 11.6 Å². The minimum absolute atomic E-state index is 0.0531. The first-order valence-electron chi connectivity index (χ1n) is 8.20. The number of carbonyl (C=O) groups excluding carboxylic acids is 1. The van der Waals surface area contributed by atoms with Gasteiger partial charge in [-0.1, -0.05) is 29.8 Å². The molecule has 1 N–H and O–H groups in total. The highest BCUT2D eigenvalue weighted by atomic mass is 35.5. The Hall–Kier alpha value is -2.84. The molecule has 0 fully saturated rings. The molecule has 0 spiro atoms. The Morgan fingerprint density at radius 3 is 2.81 bits per heavy atom. The van der Waals surface area contributed by atoms with Gasteiger partial charge in [-0.2, -0.15) is 4.98 Å². The molecule has 136 valence electrons. The van der Waals surface area contributed by atoms with Crippen LogP contribution in [0.4, 0.5) is 5.13 Å². The maximum absolute atomic E-state index is 12.5. The Morgan fingerprint density at radius 2 is 2.04 bits per heavy atom. The minimum Gasteiger partial charge on any atom is -0.295 e. The van der Waals surface area contributed by atoms with Crippen LogP contribution in [0.1, 0.15) is 32.4 Å². The molecule has 0 radical (unpaired) electrons. The number of aryl methyl sites for hydroxylation is 2. The number of rotatable bonds is 4. The van der Waals surface area contributed by atoms with E-state index in [0.29, 0.717) is 22.4 Å². The van der Waals surface area contributed by atoms with Crippen molar-refractivity contribution in [3.8, 4) is 0 Å². The molecule has 7 nitrogen and oxygen atoms in total. The molecule has 1 aromatic carbocycles. The van der Waals surface area contributed by atoms with Gasteiger partial charge in [0.05, 0.1) is 5.69 Å². The third-order valence-corrected chi connectivity index (χ3v) is 5.50. The first kappa shape index (κ1) is 17.6. The quantitative estimate of drug-likeness (QED) is 0.566. The molecule has 1 amide bonds. The zero-order chi connectivity index (χ0) is 19.0. The molecule has 0 saturated carbocycles. The largest absolute Gasteiger partial charge is 0.297 e. The van der Waals surface area contributed by atoms with Gasteiger partial charge >= 0.3 is 0 Å². The fraction of sp³-hybridized carbons (Fsp3) is 0.167. The second kappa shape index (κ2) is 7.05. The van der Waals surface area contributed by atoms with E-state index in [9.17, 15) is 4.79 Å². The molecular formula is C18H15ClN6OS. The Morgan fingerprint density at radius 1 is 1.22 bits per heavy atom. The van der Waals surface area contributed by atoms with E-state index in [0.717, 1.165) is 21.8 Å². The van der Waals surface area contributed by atoms with Gasteiger partial charge in [0.15, 0.2) is 5.13 Å². The Balaban J connectivity index is 1.55. The van der Waals surface area contributed by atoms with Crippen molar-refractivity contribution in [3.63, 3.8) is 0 Å². The summed E-state index contributed by atoms with van der Waals surface area (Å²) < 4.78 is 1.53. The predicted octanol–water partition coefficient (Wildman–Crippen LogP) is 3.69. The summed E-state index contributed by atoms with van der Waals surface area (Å²) in [5.41, 5.74) is 2.72. The van der Waals surface area contributed by atoms with Crippen molar-refractivity contribution in [2.75, 3.05) is 5.32 Å². The van der Waals surface area contributed by atoms with Crippen LogP contribution in [0.5, 0.6) is 0 Å². The average Bonchev–Trinajstić information content (AvgIpc) is 3.22. The van der Waals surface area contributed by atoms with E-state index >= 15 is 0 Å². The lowest BCUT2D eigenvalue weighted by Gasteiger charge is -2.02. The smallest absolute Gasteiger partial charge is 0.295 e. The van der Waals surface area contributed by atoms with Gasteiger partial charge < -0.3 is 0 Å². The number of benzene rings is 1. The van der Waals surface area contributed by atoms with Crippen molar-refractivity contribution >= 4 is 39.8 Å². The number of thiazole rings is 1. The maximum atomic E-state index is 12.5. The number of nitrogens with one attached hydrogen (secondary N) is 1. The first-order chi connectivity index (χ1) is 13.0. The molecule has 4 rings (SSSR count). The average molecular weight is 399 g/mol. The van der Waals surface area contributed by atoms with Gasteiger partial charge in [-0.3, -0.25) is 10.1 Å². The highest BCUT2D eigenvalue weighted by Crippen LogP contribution is 2.27. The molecule has 27 heavy (non-hydrogen) atoms. The Labute approximate surface area is 164 Å². The molecule has 0 unspecified atom stereocenters. The summed E-state index contributed by atoms with van der Waals surface area (Å²) in [6.07, 6.45) is 2.29. The lowest BCUT2D eigenvalue weighted by Crippen LogP contribution is -2.13. The number of amides is 1. The molecule has 0 aliphatic heterocycles. The minimum atomic E-state index is -0.419. The van der Waals surface area contributed by atoms with E-state index in [1.165, 1.54) is 15.9 Å². The second-order valence-electron chi connectivity index (χ2n) is 5.98. The molecular weight excluding hydrogens is 384 g/mol. The number of anilines is 1. The lowest BCUT2D eigenvalue weighted by molar-refractivity contribution is 0.101. The van der Waals surface area contributed by atoms with Crippen LogP contribution in [0.3, 0.4) is 0 Å². The molecule has 9 heteroatoms. The summed E-state index contributed by atoms with van der Waals surface area (Å²) in [5, 5.41) is 8.20. The van der Waals surface area contributed by atoms with Gasteiger partial charge in [0.1, 0.15) is 0 Å². The SMILES string of the molecule is Cc1nc(NC(=O)c2nc3nccc(C)n3n2)sc1Cc1ccccc1Cl. The summed E-state index contributed by atoms with van der Waals surface area (Å²) in [6.45, 7) is 3.78. The van der Waals surface area contributed by atoms with Crippen molar-refractivity contribution in [2.24, 2.45) is 0 Å². The molecule has 0 saturated heterocycles. The summed E-state index contributed by atoms with van der Waals surface area (Å²) in [4.78, 5) is 26.3. The summed E-state index contributed by atoms with van der Waals surface area (Å²) in [5.74, 6) is 0.0186. The zero-order valence-corrected chi connectivity index (χ0v) is 16.2. The summed E-state index contributed by atoms with van der Waals surface area (Å²) in [6, 6.07) is 9.49. The molecule has 0 bridgehead atoms. The van der Waals surface area contributed by atoms with Crippen LogP contribution in [0, 0.1) is 13.8 Å². The Kier molecular flexibility index (Phi) is 4.59. The van der Waals surface area contributed by atoms with Crippen LogP contribution < -0.4 is 5.32 Å². The van der Waals surface area contributed by atoms with E-state index in [1.807, 2.05) is 38.1 Å². The summed E-state index contributed by atoms with van der Waals surface area (Å²) >= 11 is 7.66. The van der Waals surface area contributed by atoms with Crippen molar-refractivity contribution in [1.82, 2.24) is 24.6 Å². The van der Waals surface area contributed by atoms with Gasteiger partial charge in [0.25, 0.3) is 11.7 Å². The van der Waals surface area contributed by atoms with Crippen molar-refractivity contribution < 1.29 is 4.79 Å². The highest BCUT2D eigenvalue weighted by molar-refractivity contribution is 7.15. The zero-order valence-electron chi connectivity index (χ0n) is 14.6. The normalized spacial score (nSPS) is 11.1.